The van der Waals surface area contributed by atoms with Crippen molar-refractivity contribution < 1.29 is 9.90 Å². The highest BCUT2D eigenvalue weighted by Gasteiger charge is 2.63. The van der Waals surface area contributed by atoms with Gasteiger partial charge in [-0.25, -0.2) is 0 Å². The first-order chi connectivity index (χ1) is 11.3. The van der Waals surface area contributed by atoms with Gasteiger partial charge in [0.1, 0.15) is 5.78 Å². The third-order valence-corrected chi connectivity index (χ3v) is 9.30. The maximum atomic E-state index is 12.2. The van der Waals surface area contributed by atoms with Gasteiger partial charge in [0.2, 0.25) is 0 Å². The Morgan fingerprint density at radius 1 is 1.04 bits per heavy atom. The van der Waals surface area contributed by atoms with Crippen molar-refractivity contribution in [2.45, 2.75) is 84.3 Å². The topological polar surface area (TPSA) is 63.3 Å². The summed E-state index contributed by atoms with van der Waals surface area (Å²) < 4.78 is 0. The van der Waals surface area contributed by atoms with E-state index in [4.69, 9.17) is 5.73 Å². The van der Waals surface area contributed by atoms with Gasteiger partial charge in [-0.2, -0.15) is 0 Å². The van der Waals surface area contributed by atoms with Gasteiger partial charge in [0, 0.05) is 17.4 Å². The lowest BCUT2D eigenvalue weighted by molar-refractivity contribution is -0.168. The van der Waals surface area contributed by atoms with E-state index in [-0.39, 0.29) is 17.4 Å². The molecule has 0 aliphatic heterocycles. The maximum absolute atomic E-state index is 12.2. The standard InChI is InChI=1S/C21H35NO2/c1-12(23)16-6-7-17-15-5-4-13-10-14(22)8-9-20(13,2)18(15)11-19(24)21(16,17)3/h13-19,24H,4-11,22H2,1-3H3/t13-,14-,15+,16+,17+,18+,19+,20-,21+/m0/s1. The average Bonchev–Trinajstić information content (AvgIpc) is 2.88. The Morgan fingerprint density at radius 3 is 2.50 bits per heavy atom. The molecule has 136 valence electrons. The second-order valence-electron chi connectivity index (χ2n) is 10.0. The number of aliphatic hydroxyl groups is 1. The molecule has 0 unspecified atom stereocenters. The van der Waals surface area contributed by atoms with Crippen LogP contribution in [-0.4, -0.2) is 23.0 Å². The quantitative estimate of drug-likeness (QED) is 0.771. The third kappa shape index (κ3) is 2.13. The molecular formula is C21H35NO2. The first kappa shape index (κ1) is 17.0. The molecule has 0 spiro atoms. The molecule has 0 bridgehead atoms. The highest BCUT2D eigenvalue weighted by atomic mass is 16.3. The summed E-state index contributed by atoms with van der Waals surface area (Å²) in [5, 5.41) is 11.2. The van der Waals surface area contributed by atoms with E-state index in [2.05, 4.69) is 13.8 Å². The molecule has 9 atom stereocenters. The zero-order valence-corrected chi connectivity index (χ0v) is 15.6. The first-order valence-electron chi connectivity index (χ1n) is 10.2. The van der Waals surface area contributed by atoms with Crippen LogP contribution in [-0.2, 0) is 4.79 Å². The third-order valence-electron chi connectivity index (χ3n) is 9.30. The molecule has 24 heavy (non-hydrogen) atoms. The second kappa shape index (κ2) is 5.54. The molecule has 4 aliphatic rings. The number of rotatable bonds is 1. The van der Waals surface area contributed by atoms with Gasteiger partial charge in [0.15, 0.2) is 0 Å². The van der Waals surface area contributed by atoms with Crippen LogP contribution in [0.5, 0.6) is 0 Å². The number of Topliss-reactive ketones (excluding diaryl/α,β-unsaturated/α-hetero) is 1. The molecule has 3 N–H and O–H groups in total. The minimum absolute atomic E-state index is 0.0729. The largest absolute Gasteiger partial charge is 0.393 e. The monoisotopic (exact) mass is 333 g/mol. The molecular weight excluding hydrogens is 298 g/mol. The van der Waals surface area contributed by atoms with E-state index in [0.29, 0.717) is 35.0 Å². The molecule has 0 amide bonds. The Kier molecular flexibility index (Phi) is 3.93. The summed E-state index contributed by atoms with van der Waals surface area (Å²) in [5.74, 6) is 2.98. The Balaban J connectivity index is 1.66. The van der Waals surface area contributed by atoms with Crippen molar-refractivity contribution in [3.05, 3.63) is 0 Å². The molecule has 0 heterocycles. The summed E-state index contributed by atoms with van der Waals surface area (Å²) in [6.07, 6.45) is 8.86. The zero-order chi connectivity index (χ0) is 17.3. The van der Waals surface area contributed by atoms with Crippen LogP contribution in [0.2, 0.25) is 0 Å². The van der Waals surface area contributed by atoms with Crippen molar-refractivity contribution >= 4 is 5.78 Å². The molecule has 4 rings (SSSR count). The molecule has 0 aromatic carbocycles. The molecule has 4 aliphatic carbocycles. The van der Waals surface area contributed by atoms with Gasteiger partial charge in [-0.3, -0.25) is 4.79 Å². The maximum Gasteiger partial charge on any atom is 0.133 e. The van der Waals surface area contributed by atoms with E-state index in [0.717, 1.165) is 31.6 Å². The number of fused-ring (bicyclic) bond motifs is 5. The van der Waals surface area contributed by atoms with Crippen molar-refractivity contribution in [2.75, 3.05) is 0 Å². The van der Waals surface area contributed by atoms with Crippen molar-refractivity contribution in [3.8, 4) is 0 Å². The highest BCUT2D eigenvalue weighted by Crippen LogP contribution is 2.67. The van der Waals surface area contributed by atoms with Crippen molar-refractivity contribution in [1.82, 2.24) is 0 Å². The SMILES string of the molecule is CC(=O)[C@H]1CC[C@@H]2[C@H]3CC[C@H]4C[C@@H](N)CC[C@]4(C)[C@@H]3C[C@@H](O)[C@]12C. The Bertz CT molecular complexity index is 534. The van der Waals surface area contributed by atoms with Crippen LogP contribution in [0.3, 0.4) is 0 Å². The average molecular weight is 334 g/mol. The number of carbonyl (C=O) groups excluding carboxylic acids is 1. The predicted octanol–water partition coefficient (Wildman–Crippen LogP) is 3.53. The number of carbonyl (C=O) groups is 1. The minimum Gasteiger partial charge on any atom is -0.393 e. The van der Waals surface area contributed by atoms with E-state index in [1.165, 1.54) is 25.7 Å². The lowest BCUT2D eigenvalue weighted by Gasteiger charge is -2.62. The number of hydrogen-bond acceptors (Lipinski definition) is 3. The van der Waals surface area contributed by atoms with Crippen molar-refractivity contribution in [2.24, 2.45) is 46.2 Å². The number of hydrogen-bond donors (Lipinski definition) is 2. The van der Waals surface area contributed by atoms with Crippen molar-refractivity contribution in [3.63, 3.8) is 0 Å². The predicted molar refractivity (Wildman–Crippen MR) is 95.3 cm³/mol. The van der Waals surface area contributed by atoms with Crippen molar-refractivity contribution in [1.29, 1.82) is 0 Å². The molecule has 3 heteroatoms. The van der Waals surface area contributed by atoms with Gasteiger partial charge in [0.05, 0.1) is 6.10 Å². The van der Waals surface area contributed by atoms with Gasteiger partial charge in [-0.1, -0.05) is 13.8 Å². The minimum atomic E-state index is -0.314. The van der Waals surface area contributed by atoms with Gasteiger partial charge >= 0.3 is 0 Å². The molecule has 0 radical (unpaired) electrons. The molecule has 0 aromatic heterocycles. The van der Waals surface area contributed by atoms with Crippen LogP contribution in [0, 0.1) is 40.4 Å². The van der Waals surface area contributed by atoms with Crippen LogP contribution >= 0.6 is 0 Å². The van der Waals surface area contributed by atoms with Crippen LogP contribution in [0.1, 0.15) is 72.1 Å². The number of ketones is 1. The zero-order valence-electron chi connectivity index (χ0n) is 15.6. The summed E-state index contributed by atoms with van der Waals surface area (Å²) in [4.78, 5) is 12.2. The molecule has 0 aromatic rings. The highest BCUT2D eigenvalue weighted by molar-refractivity contribution is 5.79. The fraction of sp³-hybridized carbons (Fsp3) is 0.952. The Labute approximate surface area is 146 Å². The Morgan fingerprint density at radius 2 is 1.79 bits per heavy atom. The van der Waals surface area contributed by atoms with Gasteiger partial charge in [-0.15, -0.1) is 0 Å². The fourth-order valence-corrected chi connectivity index (χ4v) is 7.92. The lowest BCUT2D eigenvalue weighted by Crippen LogP contribution is -2.59. The van der Waals surface area contributed by atoms with E-state index in [1.807, 2.05) is 0 Å². The normalized spacial score (nSPS) is 57.0. The van der Waals surface area contributed by atoms with Gasteiger partial charge in [-0.05, 0) is 87.4 Å². The van der Waals surface area contributed by atoms with E-state index in [1.54, 1.807) is 6.92 Å². The van der Waals surface area contributed by atoms with E-state index < -0.39 is 0 Å². The van der Waals surface area contributed by atoms with Crippen LogP contribution in [0.15, 0.2) is 0 Å². The molecule has 3 nitrogen and oxygen atoms in total. The smallest absolute Gasteiger partial charge is 0.133 e. The summed E-state index contributed by atoms with van der Waals surface area (Å²) in [6.45, 7) is 6.45. The summed E-state index contributed by atoms with van der Waals surface area (Å²) >= 11 is 0. The van der Waals surface area contributed by atoms with E-state index >= 15 is 0 Å². The van der Waals surface area contributed by atoms with Gasteiger partial charge < -0.3 is 10.8 Å². The molecule has 4 saturated carbocycles. The molecule has 0 saturated heterocycles. The lowest BCUT2D eigenvalue weighted by atomic mass is 9.44. The molecule has 4 fully saturated rings. The second-order valence-corrected chi connectivity index (χ2v) is 10.0. The van der Waals surface area contributed by atoms with E-state index in [9.17, 15) is 9.90 Å². The summed E-state index contributed by atoms with van der Waals surface area (Å²) in [7, 11) is 0. The summed E-state index contributed by atoms with van der Waals surface area (Å²) in [5.41, 5.74) is 6.44. The Hall–Kier alpha value is -0.410. The van der Waals surface area contributed by atoms with Crippen LogP contribution < -0.4 is 5.73 Å². The fourth-order valence-electron chi connectivity index (χ4n) is 7.92. The first-order valence-corrected chi connectivity index (χ1v) is 10.2. The van der Waals surface area contributed by atoms with Gasteiger partial charge in [0.25, 0.3) is 0 Å². The van der Waals surface area contributed by atoms with Crippen LogP contribution in [0.25, 0.3) is 0 Å². The number of aliphatic hydroxyl groups excluding tert-OH is 1. The van der Waals surface area contributed by atoms with Crippen LogP contribution in [0.4, 0.5) is 0 Å². The summed E-state index contributed by atoms with van der Waals surface area (Å²) in [6, 6.07) is 0.381. The number of nitrogens with two attached hydrogens (primary N) is 1.